The van der Waals surface area contributed by atoms with E-state index < -0.39 is 22.0 Å². The first-order valence-corrected chi connectivity index (χ1v) is 11.5. The smallest absolute Gasteiger partial charge is 0.283 e. The van der Waals surface area contributed by atoms with E-state index in [1.165, 1.54) is 39.7 Å². The monoisotopic (exact) mass is 483 g/mol. The van der Waals surface area contributed by atoms with E-state index >= 15 is 0 Å². The maximum absolute atomic E-state index is 12.6. The molecule has 10 nitrogen and oxygen atoms in total. The van der Waals surface area contributed by atoms with E-state index in [1.807, 2.05) is 0 Å². The molecule has 0 aromatic heterocycles. The first-order valence-electron chi connectivity index (χ1n) is 9.24. The predicted molar refractivity (Wildman–Crippen MR) is 120 cm³/mol. The fourth-order valence-electron chi connectivity index (χ4n) is 3.09. The average molecular weight is 484 g/mol. The van der Waals surface area contributed by atoms with E-state index in [9.17, 15) is 13.2 Å². The molecule has 0 saturated carbocycles. The highest BCUT2D eigenvalue weighted by molar-refractivity contribution is 7.92. The maximum atomic E-state index is 12.6. The number of rotatable bonds is 7. The van der Waals surface area contributed by atoms with Crippen LogP contribution in [-0.4, -0.2) is 60.8 Å². The Balaban J connectivity index is 1.78. The number of amides is 1. The van der Waals surface area contributed by atoms with E-state index in [1.54, 1.807) is 18.2 Å². The zero-order valence-electron chi connectivity index (χ0n) is 17.8. The van der Waals surface area contributed by atoms with Crippen molar-refractivity contribution in [3.63, 3.8) is 0 Å². The molecule has 1 aliphatic rings. The second-order valence-electron chi connectivity index (χ2n) is 6.71. The summed E-state index contributed by atoms with van der Waals surface area (Å²) in [7, 11) is 0.789. The number of ether oxygens (including phenoxy) is 4. The molecule has 0 saturated heterocycles. The Hall–Kier alpha value is -3.18. The lowest BCUT2D eigenvalue weighted by Gasteiger charge is -2.33. The number of hydrogen-bond acceptors (Lipinski definition) is 8. The number of carbonyl (C=O) groups excluding carboxylic acids is 1. The zero-order chi connectivity index (χ0) is 23.5. The van der Waals surface area contributed by atoms with Crippen molar-refractivity contribution >= 4 is 39.4 Å². The number of benzene rings is 2. The minimum absolute atomic E-state index is 0.222. The topological polar surface area (TPSA) is 116 Å². The average Bonchev–Trinajstić information content (AvgIpc) is 2.76. The molecule has 172 valence electrons. The number of carbonyl (C=O) groups is 1. The normalized spacial score (nSPS) is 15.7. The molecular weight excluding hydrogens is 462 g/mol. The van der Waals surface area contributed by atoms with Crippen LogP contribution in [0.5, 0.6) is 23.0 Å². The Kier molecular flexibility index (Phi) is 6.99. The maximum Gasteiger partial charge on any atom is 0.283 e. The summed E-state index contributed by atoms with van der Waals surface area (Å²) in [5.41, 5.74) is 3.20. The third kappa shape index (κ3) is 5.00. The lowest BCUT2D eigenvalue weighted by molar-refractivity contribution is -0.127. The van der Waals surface area contributed by atoms with E-state index in [4.69, 9.17) is 30.5 Å². The molecule has 1 atom stereocenters. The van der Waals surface area contributed by atoms with Crippen LogP contribution in [0, 0.1) is 0 Å². The van der Waals surface area contributed by atoms with Gasteiger partial charge in [-0.2, -0.15) is 5.10 Å². The van der Waals surface area contributed by atoms with Crippen molar-refractivity contribution in [1.82, 2.24) is 5.43 Å². The van der Waals surface area contributed by atoms with Crippen LogP contribution in [0.15, 0.2) is 35.4 Å². The Morgan fingerprint density at radius 3 is 2.41 bits per heavy atom. The molecule has 0 spiro atoms. The van der Waals surface area contributed by atoms with Crippen molar-refractivity contribution < 1.29 is 32.2 Å². The van der Waals surface area contributed by atoms with E-state index in [0.29, 0.717) is 27.8 Å². The summed E-state index contributed by atoms with van der Waals surface area (Å²) in [6.07, 6.45) is 1.31. The quantitative estimate of drug-likeness (QED) is 0.473. The summed E-state index contributed by atoms with van der Waals surface area (Å²) < 4.78 is 47.0. The SMILES string of the molecule is COc1cc(/C=N\NC(=O)[C@@H]2CN(S(C)(=O)=O)c3cc(Cl)ccc3O2)cc(OC)c1OC. The zero-order valence-corrected chi connectivity index (χ0v) is 19.4. The molecule has 1 amide bonds. The molecule has 2 aromatic carbocycles. The van der Waals surface area contributed by atoms with E-state index in [-0.39, 0.29) is 18.0 Å². The van der Waals surface area contributed by atoms with Crippen LogP contribution >= 0.6 is 11.6 Å². The first-order chi connectivity index (χ1) is 15.2. The molecule has 0 radical (unpaired) electrons. The number of halogens is 1. The van der Waals surface area contributed by atoms with Crippen LogP contribution in [0.3, 0.4) is 0 Å². The number of nitrogens with one attached hydrogen (secondary N) is 1. The highest BCUT2D eigenvalue weighted by Gasteiger charge is 2.35. The van der Waals surface area contributed by atoms with Gasteiger partial charge < -0.3 is 18.9 Å². The molecule has 0 unspecified atom stereocenters. The van der Waals surface area contributed by atoms with Crippen LogP contribution in [0.1, 0.15) is 5.56 Å². The number of hydrazone groups is 1. The fourth-order valence-corrected chi connectivity index (χ4v) is 4.17. The van der Waals surface area contributed by atoms with Gasteiger partial charge in [0.2, 0.25) is 15.8 Å². The summed E-state index contributed by atoms with van der Waals surface area (Å²) in [5, 5.41) is 4.28. The van der Waals surface area contributed by atoms with Gasteiger partial charge in [0.05, 0.1) is 46.0 Å². The van der Waals surface area contributed by atoms with Gasteiger partial charge in [0.25, 0.3) is 5.91 Å². The Morgan fingerprint density at radius 1 is 1.19 bits per heavy atom. The molecule has 32 heavy (non-hydrogen) atoms. The summed E-state index contributed by atoms with van der Waals surface area (Å²) in [4.78, 5) is 12.6. The van der Waals surface area contributed by atoms with Crippen LogP contribution in [-0.2, 0) is 14.8 Å². The second kappa shape index (κ2) is 9.53. The Labute approximate surface area is 190 Å². The predicted octanol–water partition coefficient (Wildman–Crippen LogP) is 2.04. The summed E-state index contributed by atoms with van der Waals surface area (Å²) in [6.45, 7) is -0.224. The van der Waals surface area contributed by atoms with Gasteiger partial charge in [-0.15, -0.1) is 0 Å². The van der Waals surface area contributed by atoms with Gasteiger partial charge in [0.1, 0.15) is 5.75 Å². The van der Waals surface area contributed by atoms with Gasteiger partial charge in [-0.05, 0) is 30.3 Å². The Bertz CT molecular complexity index is 1130. The van der Waals surface area contributed by atoms with Gasteiger partial charge in [0.15, 0.2) is 17.6 Å². The molecule has 2 aromatic rings. The van der Waals surface area contributed by atoms with Crippen molar-refractivity contribution in [3.8, 4) is 23.0 Å². The largest absolute Gasteiger partial charge is 0.493 e. The number of fused-ring (bicyclic) bond motifs is 1. The van der Waals surface area contributed by atoms with Crippen molar-refractivity contribution in [2.75, 3.05) is 38.4 Å². The van der Waals surface area contributed by atoms with E-state index in [2.05, 4.69) is 10.5 Å². The van der Waals surface area contributed by atoms with E-state index in [0.717, 1.165) is 10.6 Å². The summed E-state index contributed by atoms with van der Waals surface area (Å²) in [6, 6.07) is 7.83. The van der Waals surface area contributed by atoms with Crippen LogP contribution < -0.4 is 28.7 Å². The first kappa shape index (κ1) is 23.5. The Morgan fingerprint density at radius 2 is 1.84 bits per heavy atom. The second-order valence-corrected chi connectivity index (χ2v) is 9.05. The molecule has 12 heteroatoms. The molecule has 0 bridgehead atoms. The lowest BCUT2D eigenvalue weighted by atomic mass is 10.2. The van der Waals surface area contributed by atoms with Crippen LogP contribution in [0.2, 0.25) is 5.02 Å². The minimum atomic E-state index is -3.67. The fraction of sp³-hybridized carbons (Fsp3) is 0.300. The van der Waals surface area contributed by atoms with Gasteiger partial charge in [-0.1, -0.05) is 11.6 Å². The van der Waals surface area contributed by atoms with Crippen LogP contribution in [0.4, 0.5) is 5.69 Å². The standard InChI is InChI=1S/C20H22ClN3O7S/c1-28-16-7-12(8-17(29-2)19(16)30-3)10-22-23-20(25)18-11-24(32(4,26)27)14-9-13(21)5-6-15(14)31-18/h5-10,18H,11H2,1-4H3,(H,23,25)/b22-10-/t18-/m0/s1. The summed E-state index contributed by atoms with van der Waals surface area (Å²) in [5.74, 6) is 0.873. The van der Waals surface area contributed by atoms with Crippen LogP contribution in [0.25, 0.3) is 0 Å². The number of hydrogen-bond donors (Lipinski definition) is 1. The van der Waals surface area contributed by atoms with Crippen molar-refractivity contribution in [2.24, 2.45) is 5.10 Å². The molecule has 0 fully saturated rings. The van der Waals surface area contributed by atoms with Gasteiger partial charge in [-0.25, -0.2) is 13.8 Å². The summed E-state index contributed by atoms with van der Waals surface area (Å²) >= 11 is 5.98. The van der Waals surface area contributed by atoms with Crippen molar-refractivity contribution in [3.05, 3.63) is 40.9 Å². The number of anilines is 1. The third-order valence-corrected chi connectivity index (χ3v) is 5.94. The highest BCUT2D eigenvalue weighted by Crippen LogP contribution is 2.38. The third-order valence-electron chi connectivity index (χ3n) is 4.56. The molecular formula is C20H22ClN3O7S. The van der Waals surface area contributed by atoms with Crippen molar-refractivity contribution in [1.29, 1.82) is 0 Å². The van der Waals surface area contributed by atoms with Gasteiger partial charge in [0, 0.05) is 10.6 Å². The molecule has 1 N–H and O–H groups in total. The lowest BCUT2D eigenvalue weighted by Crippen LogP contribution is -2.49. The molecule has 1 aliphatic heterocycles. The van der Waals surface area contributed by atoms with Gasteiger partial charge >= 0.3 is 0 Å². The number of nitrogens with zero attached hydrogens (tertiary/aromatic N) is 2. The van der Waals surface area contributed by atoms with Gasteiger partial charge in [-0.3, -0.25) is 9.10 Å². The molecule has 1 heterocycles. The molecule has 0 aliphatic carbocycles. The molecule has 3 rings (SSSR count). The highest BCUT2D eigenvalue weighted by atomic mass is 35.5. The minimum Gasteiger partial charge on any atom is -0.493 e. The number of methoxy groups -OCH3 is 3. The number of sulfonamides is 1. The van der Waals surface area contributed by atoms with Crippen molar-refractivity contribution in [2.45, 2.75) is 6.10 Å².